The van der Waals surface area contributed by atoms with Gasteiger partial charge in [0.2, 0.25) is 5.91 Å². The van der Waals surface area contributed by atoms with Crippen LogP contribution >= 0.6 is 11.6 Å². The highest BCUT2D eigenvalue weighted by atomic mass is 35.5. The third-order valence-corrected chi connectivity index (χ3v) is 4.03. The van der Waals surface area contributed by atoms with Crippen LogP contribution in [0.3, 0.4) is 0 Å². The fourth-order valence-electron chi connectivity index (χ4n) is 2.42. The van der Waals surface area contributed by atoms with Gasteiger partial charge in [0.25, 0.3) is 5.91 Å². The second kappa shape index (κ2) is 6.89. The quantitative estimate of drug-likeness (QED) is 0.929. The van der Waals surface area contributed by atoms with Gasteiger partial charge in [0, 0.05) is 25.6 Å². The number of rotatable bonds is 4. The lowest BCUT2D eigenvalue weighted by atomic mass is 10.1. The van der Waals surface area contributed by atoms with Gasteiger partial charge in [-0.2, -0.15) is 0 Å². The monoisotopic (exact) mass is 312 g/mol. The molecule has 0 bridgehead atoms. The molecule has 1 aromatic carbocycles. The summed E-state index contributed by atoms with van der Waals surface area (Å²) in [6.07, 6.45) is 2.47. The van der Waals surface area contributed by atoms with Crippen molar-refractivity contribution in [2.24, 2.45) is 0 Å². The highest BCUT2D eigenvalue weighted by Gasteiger charge is 2.23. The van der Waals surface area contributed by atoms with Crippen molar-refractivity contribution in [2.75, 3.05) is 13.1 Å². The summed E-state index contributed by atoms with van der Waals surface area (Å²) in [5, 5.41) is 2.52. The van der Waals surface area contributed by atoms with Crippen molar-refractivity contribution < 1.29 is 14.0 Å². The molecule has 2 rings (SSSR count). The Hall–Kier alpha value is -1.62. The lowest BCUT2D eigenvalue weighted by Gasteiger charge is -2.32. The van der Waals surface area contributed by atoms with Crippen molar-refractivity contribution in [3.8, 4) is 0 Å². The van der Waals surface area contributed by atoms with Gasteiger partial charge in [-0.3, -0.25) is 9.59 Å². The molecule has 4 nitrogen and oxygen atoms in total. The zero-order chi connectivity index (χ0) is 15.4. The summed E-state index contributed by atoms with van der Waals surface area (Å²) in [6, 6.07) is 4.02. The van der Waals surface area contributed by atoms with E-state index in [2.05, 4.69) is 5.32 Å². The van der Waals surface area contributed by atoms with Gasteiger partial charge in [0.1, 0.15) is 5.82 Å². The zero-order valence-corrected chi connectivity index (χ0v) is 12.6. The van der Waals surface area contributed by atoms with E-state index in [-0.39, 0.29) is 22.5 Å². The molecule has 0 aromatic heterocycles. The Bertz CT molecular complexity index is 550. The predicted octanol–water partition coefficient (Wildman–Crippen LogP) is 2.61. The maximum atomic E-state index is 13.3. The Balaban J connectivity index is 1.94. The first-order valence-corrected chi connectivity index (χ1v) is 7.40. The average molecular weight is 313 g/mol. The highest BCUT2D eigenvalue weighted by molar-refractivity contribution is 6.34. The summed E-state index contributed by atoms with van der Waals surface area (Å²) in [5.74, 6) is -0.939. The molecule has 1 saturated heterocycles. The van der Waals surface area contributed by atoms with Crippen LogP contribution in [0.5, 0.6) is 0 Å². The first-order chi connectivity index (χ1) is 10.0. The molecule has 1 aliphatic rings. The van der Waals surface area contributed by atoms with E-state index < -0.39 is 11.7 Å². The van der Waals surface area contributed by atoms with Crippen LogP contribution in [0.4, 0.5) is 4.39 Å². The maximum absolute atomic E-state index is 13.3. The summed E-state index contributed by atoms with van der Waals surface area (Å²) in [7, 11) is 0. The van der Waals surface area contributed by atoms with E-state index in [1.54, 1.807) is 4.90 Å². The summed E-state index contributed by atoms with van der Waals surface area (Å²) in [6.45, 7) is 2.92. The molecule has 1 unspecified atom stereocenters. The average Bonchev–Trinajstić information content (AvgIpc) is 2.47. The zero-order valence-electron chi connectivity index (χ0n) is 11.9. The van der Waals surface area contributed by atoms with Gasteiger partial charge in [0.05, 0.1) is 10.6 Å². The second-order valence-corrected chi connectivity index (χ2v) is 5.58. The summed E-state index contributed by atoms with van der Waals surface area (Å²) >= 11 is 5.77. The number of benzene rings is 1. The van der Waals surface area contributed by atoms with Crippen molar-refractivity contribution in [3.63, 3.8) is 0 Å². The Morgan fingerprint density at radius 2 is 2.24 bits per heavy atom. The molecule has 21 heavy (non-hydrogen) atoms. The topological polar surface area (TPSA) is 49.4 Å². The molecule has 1 N–H and O–H groups in total. The molecule has 0 aliphatic carbocycles. The number of amides is 2. The molecule has 0 saturated carbocycles. The molecule has 1 fully saturated rings. The molecule has 2 amide bonds. The molecular weight excluding hydrogens is 295 g/mol. The standard InChI is InChI=1S/C15H18ClFN2O2/c1-10(19-8-3-2-7-13(19)20)9-18-15(21)11-5-4-6-12(17)14(11)16/h4-6,10H,2-3,7-9H2,1H3,(H,18,21). The van der Waals surface area contributed by atoms with E-state index in [1.807, 2.05) is 6.92 Å². The van der Waals surface area contributed by atoms with E-state index in [1.165, 1.54) is 18.2 Å². The van der Waals surface area contributed by atoms with Gasteiger partial charge >= 0.3 is 0 Å². The normalized spacial score (nSPS) is 16.7. The second-order valence-electron chi connectivity index (χ2n) is 5.20. The summed E-state index contributed by atoms with van der Waals surface area (Å²) < 4.78 is 13.3. The lowest BCUT2D eigenvalue weighted by Crippen LogP contribution is -2.47. The Morgan fingerprint density at radius 3 is 2.95 bits per heavy atom. The molecule has 1 atom stereocenters. The van der Waals surface area contributed by atoms with E-state index in [0.29, 0.717) is 13.0 Å². The van der Waals surface area contributed by atoms with E-state index >= 15 is 0 Å². The van der Waals surface area contributed by atoms with Crippen molar-refractivity contribution in [1.29, 1.82) is 0 Å². The van der Waals surface area contributed by atoms with Crippen molar-refractivity contribution in [2.45, 2.75) is 32.2 Å². The van der Waals surface area contributed by atoms with Gasteiger partial charge in [-0.15, -0.1) is 0 Å². The van der Waals surface area contributed by atoms with Gasteiger partial charge < -0.3 is 10.2 Å². The minimum atomic E-state index is -0.622. The number of hydrogen-bond donors (Lipinski definition) is 1. The van der Waals surface area contributed by atoms with Crippen molar-refractivity contribution in [3.05, 3.63) is 34.6 Å². The Kier molecular flexibility index (Phi) is 5.17. The number of nitrogens with zero attached hydrogens (tertiary/aromatic N) is 1. The molecule has 0 spiro atoms. The van der Waals surface area contributed by atoms with Crippen LogP contribution in [0.15, 0.2) is 18.2 Å². The van der Waals surface area contributed by atoms with Crippen LogP contribution in [0, 0.1) is 5.82 Å². The fraction of sp³-hybridized carbons (Fsp3) is 0.467. The Morgan fingerprint density at radius 1 is 1.48 bits per heavy atom. The first-order valence-electron chi connectivity index (χ1n) is 7.02. The highest BCUT2D eigenvalue weighted by Crippen LogP contribution is 2.19. The van der Waals surface area contributed by atoms with Crippen molar-refractivity contribution >= 4 is 23.4 Å². The number of likely N-dealkylation sites (tertiary alicyclic amines) is 1. The predicted molar refractivity (Wildman–Crippen MR) is 78.8 cm³/mol. The fourth-order valence-corrected chi connectivity index (χ4v) is 2.63. The van der Waals surface area contributed by atoms with Gasteiger partial charge in [-0.05, 0) is 31.9 Å². The minimum Gasteiger partial charge on any atom is -0.350 e. The van der Waals surface area contributed by atoms with Crippen LogP contribution in [0.25, 0.3) is 0 Å². The van der Waals surface area contributed by atoms with Gasteiger partial charge in [-0.25, -0.2) is 4.39 Å². The molecule has 6 heteroatoms. The van der Waals surface area contributed by atoms with Crippen LogP contribution < -0.4 is 5.32 Å². The van der Waals surface area contributed by atoms with Crippen LogP contribution in [0.1, 0.15) is 36.5 Å². The molecule has 1 heterocycles. The largest absolute Gasteiger partial charge is 0.350 e. The maximum Gasteiger partial charge on any atom is 0.252 e. The van der Waals surface area contributed by atoms with Gasteiger partial charge in [0.15, 0.2) is 0 Å². The smallest absolute Gasteiger partial charge is 0.252 e. The van der Waals surface area contributed by atoms with Crippen LogP contribution in [-0.4, -0.2) is 35.8 Å². The molecular formula is C15H18ClFN2O2. The third kappa shape index (κ3) is 3.73. The molecule has 0 radical (unpaired) electrons. The minimum absolute atomic E-state index is 0.0888. The summed E-state index contributed by atoms with van der Waals surface area (Å²) in [5.41, 5.74) is 0.105. The van der Waals surface area contributed by atoms with Crippen LogP contribution in [0.2, 0.25) is 5.02 Å². The number of carbonyl (C=O) groups is 2. The molecule has 1 aromatic rings. The number of hydrogen-bond acceptors (Lipinski definition) is 2. The lowest BCUT2D eigenvalue weighted by molar-refractivity contribution is -0.135. The summed E-state index contributed by atoms with van der Waals surface area (Å²) in [4.78, 5) is 25.6. The number of carbonyl (C=O) groups excluding carboxylic acids is 2. The van der Waals surface area contributed by atoms with E-state index in [4.69, 9.17) is 11.6 Å². The van der Waals surface area contributed by atoms with E-state index in [9.17, 15) is 14.0 Å². The molecule has 1 aliphatic heterocycles. The third-order valence-electron chi connectivity index (χ3n) is 3.65. The van der Waals surface area contributed by atoms with E-state index in [0.717, 1.165) is 19.4 Å². The van der Waals surface area contributed by atoms with Crippen LogP contribution in [-0.2, 0) is 4.79 Å². The number of halogens is 2. The number of piperidine rings is 1. The number of nitrogens with one attached hydrogen (secondary N) is 1. The molecule has 114 valence electrons. The van der Waals surface area contributed by atoms with Crippen molar-refractivity contribution in [1.82, 2.24) is 10.2 Å². The SMILES string of the molecule is CC(CNC(=O)c1cccc(F)c1Cl)N1CCCCC1=O. The first kappa shape index (κ1) is 15.8. The Labute approximate surface area is 128 Å². The van der Waals surface area contributed by atoms with Gasteiger partial charge in [-0.1, -0.05) is 17.7 Å².